The van der Waals surface area contributed by atoms with E-state index in [1.54, 1.807) is 0 Å². The summed E-state index contributed by atoms with van der Waals surface area (Å²) in [6.07, 6.45) is 0. The molecule has 0 saturated heterocycles. The van der Waals surface area contributed by atoms with E-state index in [1.807, 2.05) is 24.3 Å². The molecule has 0 unspecified atom stereocenters. The van der Waals surface area contributed by atoms with E-state index in [0.29, 0.717) is 17.5 Å². The van der Waals surface area contributed by atoms with Crippen LogP contribution in [0.2, 0.25) is 0 Å². The van der Waals surface area contributed by atoms with Gasteiger partial charge in [-0.25, -0.2) is 15.0 Å². The Labute approximate surface area is 330 Å². The second-order valence-corrected chi connectivity index (χ2v) is 15.1. The van der Waals surface area contributed by atoms with Gasteiger partial charge < -0.3 is 0 Å². The van der Waals surface area contributed by atoms with Crippen molar-refractivity contribution in [1.82, 2.24) is 15.0 Å². The van der Waals surface area contributed by atoms with Crippen molar-refractivity contribution in [3.05, 3.63) is 222 Å². The molecular formula is C54H33N3. The summed E-state index contributed by atoms with van der Waals surface area (Å²) in [5.74, 6) is 1.92. The number of hydrogen-bond donors (Lipinski definition) is 0. The van der Waals surface area contributed by atoms with Gasteiger partial charge in [-0.05, 0) is 89.3 Å². The Kier molecular flexibility index (Phi) is 6.84. The summed E-state index contributed by atoms with van der Waals surface area (Å²) in [7, 11) is 0. The second-order valence-electron chi connectivity index (χ2n) is 15.1. The van der Waals surface area contributed by atoms with Crippen LogP contribution in [0.1, 0.15) is 22.3 Å². The van der Waals surface area contributed by atoms with Gasteiger partial charge in [0.05, 0.1) is 5.41 Å². The van der Waals surface area contributed by atoms with E-state index in [-0.39, 0.29) is 0 Å². The number of nitrogens with zero attached hydrogens (tertiary/aromatic N) is 3. The van der Waals surface area contributed by atoms with Crippen molar-refractivity contribution in [3.8, 4) is 67.5 Å². The Morgan fingerprint density at radius 2 is 0.772 bits per heavy atom. The average Bonchev–Trinajstić information content (AvgIpc) is 3.77. The molecule has 57 heavy (non-hydrogen) atoms. The number of fused-ring (bicyclic) bond motifs is 7. The van der Waals surface area contributed by atoms with E-state index in [2.05, 4.69) is 176 Å². The van der Waals surface area contributed by atoms with Gasteiger partial charge in [0, 0.05) is 16.7 Å². The molecule has 0 fully saturated rings. The Balaban J connectivity index is 1.05. The number of aromatic nitrogens is 3. The molecule has 0 N–H and O–H groups in total. The highest BCUT2D eigenvalue weighted by Crippen LogP contribution is 2.62. The molecule has 2 aliphatic rings. The number of benzene rings is 9. The highest BCUT2D eigenvalue weighted by atomic mass is 15.0. The molecule has 1 aromatic heterocycles. The first-order chi connectivity index (χ1) is 28.3. The SMILES string of the molecule is c1ccc(-c2cccc(-c3nc(-c4ccccc4)nc(-c4ccccc4-c4ccc5c(c4)-c4ccccc4C54c5cccc6ccc7cccc4c7c56)n3)c2)cc1. The van der Waals surface area contributed by atoms with Gasteiger partial charge in [0.1, 0.15) is 0 Å². The maximum absolute atomic E-state index is 5.23. The van der Waals surface area contributed by atoms with Crippen LogP contribution in [0.15, 0.2) is 200 Å². The summed E-state index contributed by atoms with van der Waals surface area (Å²) in [5, 5.41) is 5.33. The topological polar surface area (TPSA) is 38.7 Å². The summed E-state index contributed by atoms with van der Waals surface area (Å²) in [4.78, 5) is 15.5. The minimum atomic E-state index is -0.394. The molecule has 1 heterocycles. The predicted octanol–water partition coefficient (Wildman–Crippen LogP) is 13.2. The van der Waals surface area contributed by atoms with E-state index in [0.717, 1.165) is 38.9 Å². The predicted molar refractivity (Wildman–Crippen MR) is 233 cm³/mol. The van der Waals surface area contributed by atoms with Crippen LogP contribution in [-0.2, 0) is 5.41 Å². The minimum Gasteiger partial charge on any atom is -0.208 e. The van der Waals surface area contributed by atoms with E-state index < -0.39 is 5.41 Å². The van der Waals surface area contributed by atoms with Crippen molar-refractivity contribution in [2.75, 3.05) is 0 Å². The summed E-state index contributed by atoms with van der Waals surface area (Å²) in [6.45, 7) is 0. The molecule has 0 atom stereocenters. The van der Waals surface area contributed by atoms with Crippen LogP contribution in [0.5, 0.6) is 0 Å². The lowest BCUT2D eigenvalue weighted by atomic mass is 9.70. The van der Waals surface area contributed by atoms with E-state index in [4.69, 9.17) is 15.0 Å². The summed E-state index contributed by atoms with van der Waals surface area (Å²) < 4.78 is 0. The van der Waals surface area contributed by atoms with Gasteiger partial charge in [0.25, 0.3) is 0 Å². The molecule has 1 spiro atoms. The molecule has 3 nitrogen and oxygen atoms in total. The molecule has 2 aliphatic carbocycles. The first kappa shape index (κ1) is 31.8. The van der Waals surface area contributed by atoms with Crippen LogP contribution in [-0.4, -0.2) is 15.0 Å². The van der Waals surface area contributed by atoms with Gasteiger partial charge in [-0.2, -0.15) is 0 Å². The normalized spacial score (nSPS) is 13.1. The zero-order valence-corrected chi connectivity index (χ0v) is 30.9. The summed E-state index contributed by atoms with van der Waals surface area (Å²) in [6, 6.07) is 72.0. The molecule has 9 aromatic carbocycles. The number of hydrogen-bond acceptors (Lipinski definition) is 3. The highest BCUT2D eigenvalue weighted by molar-refractivity contribution is 6.17. The fraction of sp³-hybridized carbons (Fsp3) is 0.0185. The van der Waals surface area contributed by atoms with Gasteiger partial charge in [0.15, 0.2) is 17.5 Å². The van der Waals surface area contributed by atoms with Gasteiger partial charge in [-0.3, -0.25) is 0 Å². The van der Waals surface area contributed by atoms with Crippen molar-refractivity contribution >= 4 is 21.5 Å². The van der Waals surface area contributed by atoms with E-state index in [1.165, 1.54) is 54.9 Å². The summed E-state index contributed by atoms with van der Waals surface area (Å²) >= 11 is 0. The van der Waals surface area contributed by atoms with E-state index >= 15 is 0 Å². The van der Waals surface area contributed by atoms with Crippen molar-refractivity contribution in [2.45, 2.75) is 5.41 Å². The van der Waals surface area contributed by atoms with Crippen molar-refractivity contribution < 1.29 is 0 Å². The highest BCUT2D eigenvalue weighted by Gasteiger charge is 2.50. The Morgan fingerprint density at radius 1 is 0.263 bits per heavy atom. The molecule has 0 aliphatic heterocycles. The van der Waals surface area contributed by atoms with Crippen molar-refractivity contribution in [1.29, 1.82) is 0 Å². The van der Waals surface area contributed by atoms with Crippen LogP contribution in [0.3, 0.4) is 0 Å². The molecule has 0 radical (unpaired) electrons. The molecule has 264 valence electrons. The lowest BCUT2D eigenvalue weighted by Crippen LogP contribution is -2.26. The number of rotatable bonds is 5. The van der Waals surface area contributed by atoms with Crippen LogP contribution in [0.25, 0.3) is 89.1 Å². The monoisotopic (exact) mass is 723 g/mol. The van der Waals surface area contributed by atoms with Crippen LogP contribution >= 0.6 is 0 Å². The van der Waals surface area contributed by atoms with Crippen molar-refractivity contribution in [2.24, 2.45) is 0 Å². The van der Waals surface area contributed by atoms with Gasteiger partial charge in [-0.15, -0.1) is 0 Å². The summed E-state index contributed by atoms with van der Waals surface area (Å²) in [5.41, 5.74) is 14.9. The van der Waals surface area contributed by atoms with Crippen LogP contribution in [0.4, 0.5) is 0 Å². The fourth-order valence-corrected chi connectivity index (χ4v) is 9.70. The van der Waals surface area contributed by atoms with Crippen molar-refractivity contribution in [3.63, 3.8) is 0 Å². The van der Waals surface area contributed by atoms with Gasteiger partial charge >= 0.3 is 0 Å². The van der Waals surface area contributed by atoms with Crippen LogP contribution < -0.4 is 0 Å². The molecular weight excluding hydrogens is 691 g/mol. The lowest BCUT2D eigenvalue weighted by molar-refractivity contribution is 0.797. The second kappa shape index (κ2) is 12.3. The molecule has 12 rings (SSSR count). The lowest BCUT2D eigenvalue weighted by Gasteiger charge is -2.31. The molecule has 0 amide bonds. The maximum Gasteiger partial charge on any atom is 0.164 e. The first-order valence-electron chi connectivity index (χ1n) is 19.5. The average molecular weight is 724 g/mol. The standard InChI is InChI=1S/C54H33N3/c1-3-14-34(15-4-1)38-20-11-21-40(32-38)52-55-51(37-16-5-2-6-17-37)56-53(57-52)43-24-8-7-22-41(43)39-30-31-46-44(33-39)42-23-9-10-25-45(42)54(46)47-26-12-18-35-28-29-36-19-13-27-48(54)50(36)49(35)47/h1-33H. The molecule has 0 bridgehead atoms. The molecule has 0 saturated carbocycles. The Hall–Kier alpha value is -7.49. The third kappa shape index (κ3) is 4.63. The molecule has 10 aromatic rings. The van der Waals surface area contributed by atoms with Crippen LogP contribution in [0, 0.1) is 0 Å². The Bertz CT molecular complexity index is 3180. The van der Waals surface area contributed by atoms with Gasteiger partial charge in [-0.1, -0.05) is 188 Å². The van der Waals surface area contributed by atoms with Gasteiger partial charge in [0.2, 0.25) is 0 Å². The molecule has 3 heteroatoms. The zero-order chi connectivity index (χ0) is 37.5. The third-order valence-electron chi connectivity index (χ3n) is 12.1. The maximum atomic E-state index is 5.23. The smallest absolute Gasteiger partial charge is 0.164 e. The minimum absolute atomic E-state index is 0.394. The quantitative estimate of drug-likeness (QED) is 0.166. The largest absolute Gasteiger partial charge is 0.208 e. The van der Waals surface area contributed by atoms with E-state index in [9.17, 15) is 0 Å². The first-order valence-corrected chi connectivity index (χ1v) is 19.5. The zero-order valence-electron chi connectivity index (χ0n) is 30.9. The Morgan fingerprint density at radius 3 is 1.49 bits per heavy atom. The fourth-order valence-electron chi connectivity index (χ4n) is 9.70. The third-order valence-corrected chi connectivity index (χ3v) is 12.1.